The second-order valence-corrected chi connectivity index (χ2v) is 21.0. The maximum atomic E-state index is 15.1. The number of hydrogen-bond donors (Lipinski definition) is 3. The van der Waals surface area contributed by atoms with Gasteiger partial charge in [0.2, 0.25) is 33.6 Å². The fourth-order valence-electron chi connectivity index (χ4n) is 11.0. The molecule has 6 atom stereocenters. The molecular weight excluding hydrogens is 721 g/mol. The number of nitrogens with one attached hydrogen (secondary N) is 3. The molecule has 3 N–H and O–H groups in total. The van der Waals surface area contributed by atoms with Gasteiger partial charge >= 0.3 is 0 Å². The number of rotatable bonds is 13. The molecule has 6 fully saturated rings. The summed E-state index contributed by atoms with van der Waals surface area (Å²) in [6.45, 7) is 14.3. The van der Waals surface area contributed by atoms with E-state index in [-0.39, 0.29) is 52.0 Å². The molecule has 55 heavy (non-hydrogen) atoms. The summed E-state index contributed by atoms with van der Waals surface area (Å²) in [6.07, 6.45) is 13.6. The minimum atomic E-state index is -3.84. The van der Waals surface area contributed by atoms with Crippen LogP contribution in [0.2, 0.25) is 0 Å². The number of aromatic nitrogens is 2. The van der Waals surface area contributed by atoms with E-state index in [0.29, 0.717) is 32.2 Å². The molecule has 13 nitrogen and oxygen atoms in total. The van der Waals surface area contributed by atoms with Crippen molar-refractivity contribution in [3.05, 3.63) is 36.9 Å². The highest BCUT2D eigenvalue weighted by Crippen LogP contribution is 2.88. The summed E-state index contributed by atoms with van der Waals surface area (Å²) in [5.74, 6) is -2.93. The Balaban J connectivity index is 1.16. The Morgan fingerprint density at radius 2 is 1.60 bits per heavy atom. The van der Waals surface area contributed by atoms with E-state index in [1.165, 1.54) is 12.4 Å². The van der Waals surface area contributed by atoms with E-state index in [1.807, 2.05) is 20.8 Å². The summed E-state index contributed by atoms with van der Waals surface area (Å²) in [5, 5.41) is 5.36. The second kappa shape index (κ2) is 13.8. The van der Waals surface area contributed by atoms with E-state index in [4.69, 9.17) is 0 Å². The molecule has 7 rings (SSSR count). The van der Waals surface area contributed by atoms with Crippen molar-refractivity contribution in [1.82, 2.24) is 30.2 Å². The summed E-state index contributed by atoms with van der Waals surface area (Å²) in [7, 11) is -3.84. The van der Waals surface area contributed by atoms with Crippen LogP contribution in [-0.2, 0) is 29.2 Å². The average Bonchev–Trinajstić information content (AvgIpc) is 4.07. The van der Waals surface area contributed by atoms with Gasteiger partial charge in [0, 0.05) is 30.8 Å². The Bertz CT molecular complexity index is 1860. The number of nitrogens with zero attached hydrogens (tertiary/aromatic N) is 3. The van der Waals surface area contributed by atoms with E-state index in [0.717, 1.165) is 51.4 Å². The molecule has 6 aliphatic rings. The Kier molecular flexibility index (Phi) is 9.89. The third-order valence-electron chi connectivity index (χ3n) is 14.9. The van der Waals surface area contributed by atoms with Crippen LogP contribution in [0.3, 0.4) is 0 Å². The zero-order chi connectivity index (χ0) is 39.8. The summed E-state index contributed by atoms with van der Waals surface area (Å²) >= 11 is 0. The van der Waals surface area contributed by atoms with Crippen LogP contribution >= 0.6 is 0 Å². The first-order valence-electron chi connectivity index (χ1n) is 20.2. The van der Waals surface area contributed by atoms with Gasteiger partial charge in [-0.1, -0.05) is 66.4 Å². The highest BCUT2D eigenvalue weighted by molar-refractivity contribution is 7.90. The lowest BCUT2D eigenvalue weighted by Crippen LogP contribution is -2.61. The van der Waals surface area contributed by atoms with Crippen molar-refractivity contribution in [2.45, 2.75) is 141 Å². The predicted molar refractivity (Wildman–Crippen MR) is 204 cm³/mol. The maximum absolute atomic E-state index is 15.1. The molecule has 5 saturated carbocycles. The lowest BCUT2D eigenvalue weighted by molar-refractivity contribution is -0.144. The smallest absolute Gasteiger partial charge is 0.289 e. The van der Waals surface area contributed by atoms with Crippen LogP contribution in [0.1, 0.15) is 129 Å². The van der Waals surface area contributed by atoms with E-state index in [2.05, 4.69) is 45.8 Å². The molecule has 1 saturated heterocycles. The second-order valence-electron chi connectivity index (χ2n) is 19.1. The van der Waals surface area contributed by atoms with E-state index in [1.54, 1.807) is 17.0 Å². The van der Waals surface area contributed by atoms with Gasteiger partial charge in [-0.25, -0.2) is 18.4 Å². The number of carbonyl (C=O) groups is 5. The molecule has 4 amide bonds. The number of fused-ring (bicyclic) bond motifs is 1. The molecule has 1 aromatic heterocycles. The number of hydrogen-bond acceptors (Lipinski definition) is 9. The van der Waals surface area contributed by atoms with Gasteiger partial charge in [0.05, 0.1) is 16.7 Å². The minimum Gasteiger partial charge on any atom is -0.342 e. The standard InChI is InChI=1S/C41H58N6O7S/c1-7-26-21-39(26,36(52)46-55(53,54)27-15-16-27)23-29(48)28-22-41(38(5,6)40(41)17-11-18-40)24-47(28)35(51)31(37(2,3)4)45-33(49)30(25-13-9-8-10-14-25)44-34(50)32-42-19-12-20-43-32/h7,12,19-20,25-28,30-31H,1,8-11,13-18,21-24H2,2-6H3,(H,44,50)(H,45,49)(H,46,52)/t26-,28+,30+,31-,39-,41-/m1/s1. The average molecular weight is 779 g/mol. The Morgan fingerprint density at radius 1 is 0.945 bits per heavy atom. The van der Waals surface area contributed by atoms with Crippen LogP contribution in [0.5, 0.6) is 0 Å². The van der Waals surface area contributed by atoms with Gasteiger partial charge in [-0.3, -0.25) is 28.7 Å². The van der Waals surface area contributed by atoms with Crippen LogP contribution in [0.25, 0.3) is 0 Å². The number of likely N-dealkylation sites (tertiary alicyclic amines) is 1. The third-order valence-corrected chi connectivity index (χ3v) is 16.7. The van der Waals surface area contributed by atoms with Crippen molar-refractivity contribution < 1.29 is 32.4 Å². The lowest BCUT2D eigenvalue weighted by atomic mass is 9.73. The van der Waals surface area contributed by atoms with E-state index in [9.17, 15) is 27.6 Å². The summed E-state index contributed by atoms with van der Waals surface area (Å²) < 4.78 is 27.9. The summed E-state index contributed by atoms with van der Waals surface area (Å²) in [5.41, 5.74) is -2.46. The van der Waals surface area contributed by atoms with Crippen molar-refractivity contribution in [3.63, 3.8) is 0 Å². The molecule has 14 heteroatoms. The highest BCUT2D eigenvalue weighted by atomic mass is 32.2. The fraction of sp³-hybridized carbons (Fsp3) is 0.732. The molecule has 300 valence electrons. The minimum absolute atomic E-state index is 0.000538. The van der Waals surface area contributed by atoms with Gasteiger partial charge in [-0.2, -0.15) is 0 Å². The van der Waals surface area contributed by atoms with Crippen molar-refractivity contribution in [1.29, 1.82) is 0 Å². The first-order valence-corrected chi connectivity index (χ1v) is 21.8. The Hall–Kier alpha value is -3.68. The highest BCUT2D eigenvalue weighted by Gasteiger charge is 2.85. The predicted octanol–water partition coefficient (Wildman–Crippen LogP) is 4.24. The molecule has 5 aliphatic carbocycles. The summed E-state index contributed by atoms with van der Waals surface area (Å²) in [6, 6.07) is -1.21. The molecular formula is C41H58N6O7S. The molecule has 1 aliphatic heterocycles. The maximum Gasteiger partial charge on any atom is 0.289 e. The van der Waals surface area contributed by atoms with Gasteiger partial charge in [0.15, 0.2) is 5.78 Å². The van der Waals surface area contributed by atoms with E-state index < -0.39 is 62.0 Å². The zero-order valence-corrected chi connectivity index (χ0v) is 33.8. The molecule has 2 heterocycles. The third kappa shape index (κ3) is 6.61. The van der Waals surface area contributed by atoms with Gasteiger partial charge in [0.25, 0.3) is 5.91 Å². The Labute approximate surface area is 325 Å². The van der Waals surface area contributed by atoms with Crippen molar-refractivity contribution >= 4 is 39.4 Å². The largest absolute Gasteiger partial charge is 0.342 e. The monoisotopic (exact) mass is 778 g/mol. The van der Waals surface area contributed by atoms with Gasteiger partial charge in [-0.05, 0) is 85.5 Å². The van der Waals surface area contributed by atoms with Crippen molar-refractivity contribution in [3.8, 4) is 0 Å². The van der Waals surface area contributed by atoms with Crippen LogP contribution in [0.15, 0.2) is 31.1 Å². The molecule has 0 bridgehead atoms. The molecule has 0 radical (unpaired) electrons. The first kappa shape index (κ1) is 39.6. The fourth-order valence-corrected chi connectivity index (χ4v) is 12.3. The number of sulfonamides is 1. The first-order chi connectivity index (χ1) is 25.8. The van der Waals surface area contributed by atoms with Crippen LogP contribution in [-0.4, -0.2) is 82.6 Å². The normalized spacial score (nSPS) is 30.5. The molecule has 0 unspecified atom stereocenters. The number of allylic oxidation sites excluding steroid dienone is 1. The number of Topliss-reactive ketones (excluding diaryl/α,β-unsaturated/α-hetero) is 1. The van der Waals surface area contributed by atoms with Gasteiger partial charge < -0.3 is 15.5 Å². The lowest BCUT2D eigenvalue weighted by Gasteiger charge is -2.38. The van der Waals surface area contributed by atoms with Crippen molar-refractivity contribution in [2.75, 3.05) is 6.54 Å². The Morgan fingerprint density at radius 3 is 2.13 bits per heavy atom. The molecule has 2 spiro atoms. The zero-order valence-electron chi connectivity index (χ0n) is 33.0. The molecule has 1 aromatic rings. The van der Waals surface area contributed by atoms with Crippen LogP contribution in [0.4, 0.5) is 0 Å². The number of carbonyl (C=O) groups excluding carboxylic acids is 5. The quantitative estimate of drug-likeness (QED) is 0.247. The van der Waals surface area contributed by atoms with Crippen LogP contribution in [0, 0.1) is 38.9 Å². The van der Waals surface area contributed by atoms with Gasteiger partial charge in [0.1, 0.15) is 12.1 Å². The summed E-state index contributed by atoms with van der Waals surface area (Å²) in [4.78, 5) is 81.0. The number of ketones is 1. The van der Waals surface area contributed by atoms with Gasteiger partial charge in [-0.15, -0.1) is 6.58 Å². The van der Waals surface area contributed by atoms with Crippen molar-refractivity contribution in [2.24, 2.45) is 38.9 Å². The van der Waals surface area contributed by atoms with E-state index >= 15 is 4.79 Å². The number of amides is 4. The molecule has 0 aromatic carbocycles. The SMILES string of the molecule is C=C[C@@H]1C[C@]1(CC(=O)[C@@H]1C[C@@]2(CN1C(=O)[C@@H](NC(=O)[C@@H](NC(=O)c1ncccn1)C1CCCCC1)C(C)(C)C)C(C)(C)C21CCC1)C(=O)NS(=O)(=O)C1CC1. The van der Waals surface area contributed by atoms with Crippen LogP contribution < -0.4 is 15.4 Å². The topological polar surface area (TPSA) is 185 Å².